The third-order valence-electron chi connectivity index (χ3n) is 3.87. The Morgan fingerprint density at radius 2 is 1.83 bits per heavy atom. The normalized spacial score (nSPS) is 16.6. The van der Waals surface area contributed by atoms with Gasteiger partial charge in [-0.3, -0.25) is 0 Å². The van der Waals surface area contributed by atoms with Crippen LogP contribution in [0.2, 0.25) is 0 Å². The lowest BCUT2D eigenvalue weighted by Crippen LogP contribution is -2.38. The smallest absolute Gasteiger partial charge is 0.123 e. The number of nitrogens with one attached hydrogen (secondary N) is 1. The van der Waals surface area contributed by atoms with Gasteiger partial charge in [0.15, 0.2) is 0 Å². The minimum atomic E-state index is -0.493. The molecule has 0 amide bonds. The largest absolute Gasteiger partial charge is 0.491 e. The highest BCUT2D eigenvalue weighted by molar-refractivity contribution is 5.85. The minimum absolute atomic E-state index is 0. The first-order valence-electron chi connectivity index (χ1n) is 8.11. The second-order valence-electron chi connectivity index (χ2n) is 5.77. The van der Waals surface area contributed by atoms with Gasteiger partial charge in [-0.1, -0.05) is 19.3 Å². The Kier molecular flexibility index (Phi) is 10.2. The summed E-state index contributed by atoms with van der Waals surface area (Å²) in [5, 5.41) is 13.3. The maximum atomic E-state index is 12.7. The van der Waals surface area contributed by atoms with Crippen molar-refractivity contribution in [2.75, 3.05) is 26.4 Å². The Labute approximate surface area is 143 Å². The summed E-state index contributed by atoms with van der Waals surface area (Å²) >= 11 is 0. The molecule has 2 N–H and O–H groups in total. The molecule has 23 heavy (non-hydrogen) atoms. The molecule has 0 aliphatic heterocycles. The Morgan fingerprint density at radius 1 is 1.13 bits per heavy atom. The molecule has 2 rings (SSSR count). The topological polar surface area (TPSA) is 50.7 Å². The summed E-state index contributed by atoms with van der Waals surface area (Å²) in [6.45, 7) is 1.66. The van der Waals surface area contributed by atoms with Gasteiger partial charge in [0.2, 0.25) is 0 Å². The van der Waals surface area contributed by atoms with Crippen molar-refractivity contribution >= 4 is 12.4 Å². The van der Waals surface area contributed by atoms with Crippen LogP contribution in [0.5, 0.6) is 5.75 Å². The van der Waals surface area contributed by atoms with Crippen LogP contribution in [0, 0.1) is 5.82 Å². The van der Waals surface area contributed by atoms with Crippen molar-refractivity contribution in [2.45, 2.75) is 44.2 Å². The lowest BCUT2D eigenvalue weighted by Gasteiger charge is -2.24. The summed E-state index contributed by atoms with van der Waals surface area (Å²) < 4.78 is 23.5. The average molecular weight is 348 g/mol. The van der Waals surface area contributed by atoms with Gasteiger partial charge in [-0.15, -0.1) is 12.4 Å². The predicted octanol–water partition coefficient (Wildman–Crippen LogP) is 2.93. The van der Waals surface area contributed by atoms with Gasteiger partial charge in [-0.2, -0.15) is 0 Å². The second kappa shape index (κ2) is 11.6. The number of hydrogen-bond acceptors (Lipinski definition) is 4. The molecule has 1 aliphatic rings. The molecular weight excluding hydrogens is 321 g/mol. The van der Waals surface area contributed by atoms with E-state index in [2.05, 4.69) is 5.32 Å². The summed E-state index contributed by atoms with van der Waals surface area (Å²) in [4.78, 5) is 0. The molecular formula is C17H27ClFNO3. The summed E-state index contributed by atoms with van der Waals surface area (Å²) in [5.41, 5.74) is 0. The molecule has 0 radical (unpaired) electrons. The van der Waals surface area contributed by atoms with Gasteiger partial charge < -0.3 is 19.9 Å². The van der Waals surface area contributed by atoms with Crippen molar-refractivity contribution in [3.05, 3.63) is 30.1 Å². The Hall–Kier alpha value is -0.880. The SMILES string of the molecule is Cl.O[C@H](CNC1CCCCC1)COCCOc1ccc(F)cc1. The van der Waals surface area contributed by atoms with Crippen LogP contribution in [0.4, 0.5) is 4.39 Å². The van der Waals surface area contributed by atoms with Crippen LogP contribution >= 0.6 is 12.4 Å². The lowest BCUT2D eigenvalue weighted by molar-refractivity contribution is 0.0235. The van der Waals surface area contributed by atoms with Crippen molar-refractivity contribution in [2.24, 2.45) is 0 Å². The van der Waals surface area contributed by atoms with Crippen LogP contribution in [0.15, 0.2) is 24.3 Å². The molecule has 4 nitrogen and oxygen atoms in total. The van der Waals surface area contributed by atoms with E-state index in [1.807, 2.05) is 0 Å². The molecule has 0 aromatic heterocycles. The molecule has 0 spiro atoms. The van der Waals surface area contributed by atoms with Crippen molar-refractivity contribution in [3.63, 3.8) is 0 Å². The van der Waals surface area contributed by atoms with Crippen molar-refractivity contribution in [3.8, 4) is 5.75 Å². The van der Waals surface area contributed by atoms with Gasteiger partial charge in [0.05, 0.1) is 19.3 Å². The molecule has 0 unspecified atom stereocenters. The van der Waals surface area contributed by atoms with Crippen molar-refractivity contribution in [1.82, 2.24) is 5.32 Å². The average Bonchev–Trinajstić information content (AvgIpc) is 2.55. The highest BCUT2D eigenvalue weighted by Gasteiger charge is 2.14. The number of halogens is 2. The molecule has 1 saturated carbocycles. The number of hydrogen-bond donors (Lipinski definition) is 2. The molecule has 132 valence electrons. The zero-order valence-corrected chi connectivity index (χ0v) is 14.2. The highest BCUT2D eigenvalue weighted by atomic mass is 35.5. The molecule has 0 bridgehead atoms. The Balaban J connectivity index is 0.00000264. The number of ether oxygens (including phenoxy) is 2. The first-order valence-corrected chi connectivity index (χ1v) is 8.11. The van der Waals surface area contributed by atoms with E-state index in [0.717, 1.165) is 0 Å². The van der Waals surface area contributed by atoms with Gasteiger partial charge >= 0.3 is 0 Å². The molecule has 1 aromatic rings. The summed E-state index contributed by atoms with van der Waals surface area (Å²) in [5.74, 6) is 0.335. The van der Waals surface area contributed by atoms with E-state index in [4.69, 9.17) is 9.47 Å². The van der Waals surface area contributed by atoms with Gasteiger partial charge in [0, 0.05) is 12.6 Å². The van der Waals surface area contributed by atoms with Crippen molar-refractivity contribution < 1.29 is 19.0 Å². The molecule has 0 heterocycles. The minimum Gasteiger partial charge on any atom is -0.491 e. The molecule has 1 fully saturated rings. The van der Waals surface area contributed by atoms with Gasteiger partial charge in [-0.25, -0.2) is 4.39 Å². The number of rotatable bonds is 9. The zero-order chi connectivity index (χ0) is 15.6. The van der Waals surface area contributed by atoms with Crippen LogP contribution in [0.3, 0.4) is 0 Å². The van der Waals surface area contributed by atoms with Crippen molar-refractivity contribution in [1.29, 1.82) is 0 Å². The standard InChI is InChI=1S/C17H26FNO3.ClH/c18-14-6-8-17(9-7-14)22-11-10-21-13-16(20)12-19-15-4-2-1-3-5-15;/h6-9,15-16,19-20H,1-5,10-13H2;1H/t16-;/m1./s1. The predicted molar refractivity (Wildman–Crippen MR) is 90.8 cm³/mol. The first-order chi connectivity index (χ1) is 10.7. The van der Waals surface area contributed by atoms with E-state index in [1.165, 1.54) is 44.2 Å². The van der Waals surface area contributed by atoms with E-state index < -0.39 is 6.10 Å². The molecule has 0 saturated heterocycles. The van der Waals surface area contributed by atoms with E-state index in [-0.39, 0.29) is 18.2 Å². The monoisotopic (exact) mass is 347 g/mol. The maximum absolute atomic E-state index is 12.7. The summed E-state index contributed by atoms with van der Waals surface area (Å²) in [6.07, 6.45) is 5.82. The molecule has 1 atom stereocenters. The van der Waals surface area contributed by atoms with Crippen LogP contribution in [-0.2, 0) is 4.74 Å². The zero-order valence-electron chi connectivity index (χ0n) is 13.4. The van der Waals surface area contributed by atoms with Gasteiger partial charge in [0.25, 0.3) is 0 Å². The van der Waals surface area contributed by atoms with Gasteiger partial charge in [-0.05, 0) is 37.1 Å². The lowest BCUT2D eigenvalue weighted by atomic mass is 9.95. The third kappa shape index (κ3) is 8.51. The fraction of sp³-hybridized carbons (Fsp3) is 0.647. The highest BCUT2D eigenvalue weighted by Crippen LogP contribution is 2.17. The quantitative estimate of drug-likeness (QED) is 0.674. The molecule has 1 aliphatic carbocycles. The fourth-order valence-corrected chi connectivity index (χ4v) is 2.64. The summed E-state index contributed by atoms with van der Waals surface area (Å²) in [7, 11) is 0. The molecule has 1 aromatic carbocycles. The summed E-state index contributed by atoms with van der Waals surface area (Å²) in [6, 6.07) is 6.43. The van der Waals surface area contributed by atoms with Crippen LogP contribution in [0.25, 0.3) is 0 Å². The van der Waals surface area contributed by atoms with Crippen LogP contribution < -0.4 is 10.1 Å². The Bertz CT molecular complexity index is 413. The van der Waals surface area contributed by atoms with E-state index in [9.17, 15) is 9.50 Å². The van der Waals surface area contributed by atoms with E-state index in [1.54, 1.807) is 12.1 Å². The van der Waals surface area contributed by atoms with Gasteiger partial charge in [0.1, 0.15) is 18.2 Å². The maximum Gasteiger partial charge on any atom is 0.123 e. The van der Waals surface area contributed by atoms with E-state index >= 15 is 0 Å². The second-order valence-corrected chi connectivity index (χ2v) is 5.77. The number of aliphatic hydroxyl groups excluding tert-OH is 1. The van der Waals surface area contributed by atoms with Crippen LogP contribution in [-0.4, -0.2) is 43.6 Å². The van der Waals surface area contributed by atoms with Crippen LogP contribution in [0.1, 0.15) is 32.1 Å². The first kappa shape index (κ1) is 20.2. The molecule has 6 heteroatoms. The fourth-order valence-electron chi connectivity index (χ4n) is 2.64. The number of benzene rings is 1. The van der Waals surface area contributed by atoms with E-state index in [0.29, 0.717) is 38.2 Å². The Morgan fingerprint density at radius 3 is 2.52 bits per heavy atom. The third-order valence-corrected chi connectivity index (χ3v) is 3.87. The number of aliphatic hydroxyl groups is 1.